The molecule has 3 heteroatoms. The van der Waals surface area contributed by atoms with Crippen molar-refractivity contribution in [1.82, 2.24) is 0 Å². The van der Waals surface area contributed by atoms with Crippen molar-refractivity contribution in [1.29, 1.82) is 0 Å². The molecule has 2 N–H and O–H groups in total. The topological polar surface area (TPSA) is 32.3 Å². The minimum atomic E-state index is 0.318. The number of hydrogen-bond acceptors (Lipinski definition) is 2. The van der Waals surface area contributed by atoms with Gasteiger partial charge in [-0.3, -0.25) is 0 Å². The van der Waals surface area contributed by atoms with Crippen LogP contribution in [0, 0.1) is 12.8 Å². The van der Waals surface area contributed by atoms with Crippen molar-refractivity contribution in [2.24, 2.45) is 5.92 Å². The summed E-state index contributed by atoms with van der Waals surface area (Å²) in [6.07, 6.45) is 0. The van der Waals surface area contributed by atoms with Crippen molar-refractivity contribution < 1.29 is 5.11 Å². The highest BCUT2D eigenvalue weighted by Crippen LogP contribution is 2.24. The van der Waals surface area contributed by atoms with Crippen molar-refractivity contribution >= 4 is 21.6 Å². The fraction of sp³-hybridized carbons (Fsp3) is 0.500. The Labute approximate surface area is 99.8 Å². The van der Waals surface area contributed by atoms with E-state index in [1.807, 2.05) is 19.1 Å². The summed E-state index contributed by atoms with van der Waals surface area (Å²) in [6, 6.07) is 5.66. The zero-order chi connectivity index (χ0) is 11.4. The normalized spacial score (nSPS) is 12.9. The zero-order valence-corrected chi connectivity index (χ0v) is 11.0. The van der Waals surface area contributed by atoms with Gasteiger partial charge in [0.1, 0.15) is 5.75 Å². The van der Waals surface area contributed by atoms with Crippen LogP contribution in [0.25, 0.3) is 0 Å². The summed E-state index contributed by atoms with van der Waals surface area (Å²) in [4.78, 5) is 0.415. The van der Waals surface area contributed by atoms with Crippen LogP contribution in [-0.4, -0.2) is 16.5 Å². The van der Waals surface area contributed by atoms with Crippen LogP contribution in [0.5, 0.6) is 5.75 Å². The van der Waals surface area contributed by atoms with E-state index in [-0.39, 0.29) is 0 Å². The molecule has 0 heterocycles. The molecule has 1 aromatic rings. The lowest BCUT2D eigenvalue weighted by atomic mass is 10.1. The number of phenolic OH excluding ortho intramolecular Hbond substituents is 1. The van der Waals surface area contributed by atoms with Crippen LogP contribution in [0.4, 0.5) is 5.69 Å². The molecular formula is C12H18BrNO. The van der Waals surface area contributed by atoms with E-state index in [1.165, 1.54) is 0 Å². The first-order valence-corrected chi connectivity index (χ1v) is 6.10. The molecule has 0 aliphatic rings. The second-order valence-corrected chi connectivity index (χ2v) is 5.34. The lowest BCUT2D eigenvalue weighted by molar-refractivity contribution is 0.476. The molecule has 0 spiro atoms. The molecule has 1 aromatic carbocycles. The van der Waals surface area contributed by atoms with E-state index in [1.54, 1.807) is 6.07 Å². The maximum absolute atomic E-state index is 9.67. The van der Waals surface area contributed by atoms with Crippen molar-refractivity contribution in [3.05, 3.63) is 23.8 Å². The zero-order valence-electron chi connectivity index (χ0n) is 9.42. The van der Waals surface area contributed by atoms with E-state index in [0.717, 1.165) is 17.8 Å². The lowest BCUT2D eigenvalue weighted by Gasteiger charge is -2.16. The van der Waals surface area contributed by atoms with E-state index >= 15 is 0 Å². The molecule has 0 aliphatic carbocycles. The molecule has 0 radical (unpaired) electrons. The maximum atomic E-state index is 9.67. The SMILES string of the molecule is Cc1ccc(NCC(Br)C(C)C)c(O)c1. The Kier molecular flexibility index (Phi) is 4.45. The van der Waals surface area contributed by atoms with E-state index in [4.69, 9.17) is 0 Å². The first kappa shape index (κ1) is 12.4. The molecule has 0 saturated heterocycles. The highest BCUT2D eigenvalue weighted by molar-refractivity contribution is 9.09. The van der Waals surface area contributed by atoms with Crippen LogP contribution in [-0.2, 0) is 0 Å². The van der Waals surface area contributed by atoms with Gasteiger partial charge < -0.3 is 10.4 Å². The van der Waals surface area contributed by atoms with Gasteiger partial charge in [-0.15, -0.1) is 0 Å². The van der Waals surface area contributed by atoms with Crippen LogP contribution < -0.4 is 5.32 Å². The molecule has 2 nitrogen and oxygen atoms in total. The van der Waals surface area contributed by atoms with Crippen molar-refractivity contribution in [2.75, 3.05) is 11.9 Å². The first-order valence-electron chi connectivity index (χ1n) is 5.18. The summed E-state index contributed by atoms with van der Waals surface area (Å²) in [5, 5.41) is 12.9. The van der Waals surface area contributed by atoms with E-state index in [0.29, 0.717) is 16.5 Å². The molecule has 1 unspecified atom stereocenters. The summed E-state index contributed by atoms with van der Waals surface area (Å²) in [5.74, 6) is 0.892. The minimum absolute atomic E-state index is 0.318. The monoisotopic (exact) mass is 271 g/mol. The molecule has 1 rings (SSSR count). The predicted molar refractivity (Wildman–Crippen MR) is 68.9 cm³/mol. The van der Waals surface area contributed by atoms with Crippen molar-refractivity contribution in [2.45, 2.75) is 25.6 Å². The Morgan fingerprint density at radius 1 is 1.40 bits per heavy atom. The molecule has 0 aliphatic heterocycles. The Morgan fingerprint density at radius 2 is 2.07 bits per heavy atom. The number of aryl methyl sites for hydroxylation is 1. The number of aromatic hydroxyl groups is 1. The maximum Gasteiger partial charge on any atom is 0.138 e. The molecule has 0 saturated carbocycles. The van der Waals surface area contributed by atoms with E-state index in [2.05, 4.69) is 35.1 Å². The Morgan fingerprint density at radius 3 is 2.60 bits per heavy atom. The molecule has 84 valence electrons. The highest BCUT2D eigenvalue weighted by Gasteiger charge is 2.09. The summed E-state index contributed by atoms with van der Waals surface area (Å²) >= 11 is 3.59. The third-order valence-electron chi connectivity index (χ3n) is 2.36. The number of benzene rings is 1. The Balaban J connectivity index is 2.58. The second-order valence-electron chi connectivity index (χ2n) is 4.16. The smallest absolute Gasteiger partial charge is 0.138 e. The number of rotatable bonds is 4. The third kappa shape index (κ3) is 3.74. The van der Waals surface area contributed by atoms with Crippen LogP contribution >= 0.6 is 15.9 Å². The van der Waals surface area contributed by atoms with Gasteiger partial charge in [0.05, 0.1) is 5.69 Å². The van der Waals surface area contributed by atoms with Crippen LogP contribution in [0.2, 0.25) is 0 Å². The number of nitrogens with one attached hydrogen (secondary N) is 1. The van der Waals surface area contributed by atoms with Crippen LogP contribution in [0.1, 0.15) is 19.4 Å². The van der Waals surface area contributed by atoms with E-state index < -0.39 is 0 Å². The second kappa shape index (κ2) is 5.40. The molecule has 0 aromatic heterocycles. The molecule has 0 amide bonds. The van der Waals surface area contributed by atoms with Gasteiger partial charge in [0.15, 0.2) is 0 Å². The largest absolute Gasteiger partial charge is 0.506 e. The van der Waals surface area contributed by atoms with Crippen LogP contribution in [0.3, 0.4) is 0 Å². The number of phenols is 1. The number of anilines is 1. The summed E-state index contributed by atoms with van der Waals surface area (Å²) in [5.41, 5.74) is 1.86. The highest BCUT2D eigenvalue weighted by atomic mass is 79.9. The van der Waals surface area contributed by atoms with E-state index in [9.17, 15) is 5.11 Å². The van der Waals surface area contributed by atoms with Gasteiger partial charge >= 0.3 is 0 Å². The molecule has 0 bridgehead atoms. The van der Waals surface area contributed by atoms with Gasteiger partial charge in [-0.1, -0.05) is 35.8 Å². The van der Waals surface area contributed by atoms with Gasteiger partial charge in [-0.05, 0) is 30.5 Å². The fourth-order valence-corrected chi connectivity index (χ4v) is 1.40. The predicted octanol–water partition coefficient (Wildman–Crippen LogP) is 3.53. The van der Waals surface area contributed by atoms with Gasteiger partial charge in [-0.25, -0.2) is 0 Å². The standard InChI is InChI=1S/C12H18BrNO/c1-8(2)10(13)7-14-11-5-4-9(3)6-12(11)15/h4-6,8,10,14-15H,7H2,1-3H3. The van der Waals surface area contributed by atoms with Crippen LogP contribution in [0.15, 0.2) is 18.2 Å². The summed E-state index contributed by atoms with van der Waals surface area (Å²) in [6.45, 7) is 7.10. The molecule has 15 heavy (non-hydrogen) atoms. The molecular weight excluding hydrogens is 254 g/mol. The van der Waals surface area contributed by atoms with Gasteiger partial charge in [-0.2, -0.15) is 0 Å². The molecule has 0 fully saturated rings. The Hall–Kier alpha value is -0.700. The third-order valence-corrected chi connectivity index (χ3v) is 3.75. The Bertz CT molecular complexity index is 325. The van der Waals surface area contributed by atoms with Gasteiger partial charge in [0.25, 0.3) is 0 Å². The lowest BCUT2D eigenvalue weighted by Crippen LogP contribution is -2.19. The average Bonchev–Trinajstić information content (AvgIpc) is 2.15. The number of hydrogen-bond donors (Lipinski definition) is 2. The fourth-order valence-electron chi connectivity index (χ4n) is 1.23. The first-order chi connectivity index (χ1) is 7.00. The van der Waals surface area contributed by atoms with Crippen molar-refractivity contribution in [3.63, 3.8) is 0 Å². The van der Waals surface area contributed by atoms with Gasteiger partial charge in [0, 0.05) is 11.4 Å². The number of alkyl halides is 1. The van der Waals surface area contributed by atoms with Crippen molar-refractivity contribution in [3.8, 4) is 5.75 Å². The molecule has 1 atom stereocenters. The van der Waals surface area contributed by atoms with Gasteiger partial charge in [0.2, 0.25) is 0 Å². The number of halogens is 1. The summed E-state index contributed by atoms with van der Waals surface area (Å²) < 4.78 is 0. The minimum Gasteiger partial charge on any atom is -0.506 e. The quantitative estimate of drug-likeness (QED) is 0.649. The average molecular weight is 272 g/mol. The summed E-state index contributed by atoms with van der Waals surface area (Å²) in [7, 11) is 0.